The third-order valence-electron chi connectivity index (χ3n) is 2.53. The fraction of sp³-hybridized carbons (Fsp3) is 0.167. The van der Waals surface area contributed by atoms with E-state index in [9.17, 15) is 4.79 Å². The number of amides is 1. The lowest BCUT2D eigenvalue weighted by Gasteiger charge is -2.19. The highest BCUT2D eigenvalue weighted by atomic mass is 79.9. The normalized spacial score (nSPS) is 10.4. The summed E-state index contributed by atoms with van der Waals surface area (Å²) in [5.41, 5.74) is 11.8. The Hall–Kier alpha value is -1.60. The standard InChI is InChI=1S/C12H13BrN4OS/c1-17(5-8-4-7(13)6-19-8)12-9(14)2-3-10(16-12)11(15)18/h2-4,6H,5,14H2,1H3,(H2,15,18). The molecular formula is C12H13BrN4OS. The minimum absolute atomic E-state index is 0.211. The molecule has 4 N–H and O–H groups in total. The number of anilines is 2. The number of carbonyl (C=O) groups excluding carboxylic acids is 1. The predicted molar refractivity (Wildman–Crippen MR) is 81.3 cm³/mol. The predicted octanol–water partition coefficient (Wildman–Crippen LogP) is 2.22. The van der Waals surface area contributed by atoms with E-state index in [-0.39, 0.29) is 5.69 Å². The Morgan fingerprint density at radius 1 is 1.53 bits per heavy atom. The zero-order valence-corrected chi connectivity index (χ0v) is 12.7. The largest absolute Gasteiger partial charge is 0.396 e. The van der Waals surface area contributed by atoms with Gasteiger partial charge in [0.05, 0.1) is 12.2 Å². The van der Waals surface area contributed by atoms with Crippen molar-refractivity contribution in [2.24, 2.45) is 5.73 Å². The summed E-state index contributed by atoms with van der Waals surface area (Å²) in [6.07, 6.45) is 0. The lowest BCUT2D eigenvalue weighted by Crippen LogP contribution is -2.21. The van der Waals surface area contributed by atoms with Gasteiger partial charge in [0.15, 0.2) is 5.82 Å². The fourth-order valence-electron chi connectivity index (χ4n) is 1.65. The van der Waals surface area contributed by atoms with Crippen molar-refractivity contribution in [1.29, 1.82) is 0 Å². The first kappa shape index (κ1) is 13.8. The maximum atomic E-state index is 11.1. The number of nitrogen functional groups attached to an aromatic ring is 1. The van der Waals surface area contributed by atoms with Crippen molar-refractivity contribution in [3.63, 3.8) is 0 Å². The van der Waals surface area contributed by atoms with Crippen molar-refractivity contribution in [2.75, 3.05) is 17.7 Å². The highest BCUT2D eigenvalue weighted by Crippen LogP contribution is 2.25. The molecule has 0 aliphatic rings. The summed E-state index contributed by atoms with van der Waals surface area (Å²) in [6, 6.07) is 5.20. The van der Waals surface area contributed by atoms with E-state index in [0.717, 1.165) is 4.47 Å². The van der Waals surface area contributed by atoms with E-state index >= 15 is 0 Å². The summed E-state index contributed by atoms with van der Waals surface area (Å²) in [5, 5.41) is 2.01. The van der Waals surface area contributed by atoms with E-state index in [1.807, 2.05) is 23.4 Å². The number of halogens is 1. The summed E-state index contributed by atoms with van der Waals surface area (Å²) < 4.78 is 1.05. The SMILES string of the molecule is CN(Cc1cc(Br)cs1)c1nc(C(N)=O)ccc1N. The number of aromatic nitrogens is 1. The first-order chi connectivity index (χ1) is 8.97. The van der Waals surface area contributed by atoms with E-state index in [2.05, 4.69) is 20.9 Å². The highest BCUT2D eigenvalue weighted by Gasteiger charge is 2.12. The van der Waals surface area contributed by atoms with Crippen LogP contribution in [0, 0.1) is 0 Å². The lowest BCUT2D eigenvalue weighted by atomic mass is 10.3. The van der Waals surface area contributed by atoms with Crippen LogP contribution in [0.5, 0.6) is 0 Å². The number of rotatable bonds is 4. The molecule has 100 valence electrons. The number of hydrogen-bond donors (Lipinski definition) is 2. The maximum Gasteiger partial charge on any atom is 0.267 e. The highest BCUT2D eigenvalue weighted by molar-refractivity contribution is 9.10. The Morgan fingerprint density at radius 3 is 2.84 bits per heavy atom. The van der Waals surface area contributed by atoms with E-state index in [0.29, 0.717) is 18.1 Å². The van der Waals surface area contributed by atoms with Gasteiger partial charge in [0.25, 0.3) is 5.91 Å². The summed E-state index contributed by atoms with van der Waals surface area (Å²) >= 11 is 5.05. The number of carbonyl (C=O) groups is 1. The summed E-state index contributed by atoms with van der Waals surface area (Å²) in [6.45, 7) is 0.662. The van der Waals surface area contributed by atoms with Gasteiger partial charge in [-0.05, 0) is 34.1 Å². The maximum absolute atomic E-state index is 11.1. The van der Waals surface area contributed by atoms with Gasteiger partial charge >= 0.3 is 0 Å². The molecule has 0 fully saturated rings. The van der Waals surface area contributed by atoms with E-state index in [1.165, 1.54) is 10.9 Å². The van der Waals surface area contributed by atoms with Gasteiger partial charge in [-0.15, -0.1) is 11.3 Å². The molecule has 1 amide bonds. The Balaban J connectivity index is 2.25. The molecule has 2 heterocycles. The van der Waals surface area contributed by atoms with Crippen LogP contribution in [0.25, 0.3) is 0 Å². The number of nitrogens with zero attached hydrogens (tertiary/aromatic N) is 2. The molecule has 0 aliphatic heterocycles. The van der Waals surface area contributed by atoms with E-state index in [1.54, 1.807) is 17.4 Å². The van der Waals surface area contributed by atoms with Crippen LogP contribution in [0.1, 0.15) is 15.4 Å². The van der Waals surface area contributed by atoms with Crippen LogP contribution in [-0.2, 0) is 6.54 Å². The van der Waals surface area contributed by atoms with Crippen molar-refractivity contribution in [1.82, 2.24) is 4.98 Å². The second-order valence-corrected chi connectivity index (χ2v) is 5.97. The molecule has 2 rings (SSSR count). The molecule has 0 atom stereocenters. The van der Waals surface area contributed by atoms with Gasteiger partial charge in [0, 0.05) is 21.8 Å². The first-order valence-electron chi connectivity index (χ1n) is 5.47. The monoisotopic (exact) mass is 340 g/mol. The fourth-order valence-corrected chi connectivity index (χ4v) is 3.15. The minimum atomic E-state index is -0.562. The Kier molecular flexibility index (Phi) is 4.06. The average molecular weight is 341 g/mol. The van der Waals surface area contributed by atoms with Gasteiger partial charge in [-0.2, -0.15) is 0 Å². The molecule has 2 aromatic heterocycles. The quantitative estimate of drug-likeness (QED) is 0.893. The Morgan fingerprint density at radius 2 is 2.26 bits per heavy atom. The first-order valence-corrected chi connectivity index (χ1v) is 7.15. The van der Waals surface area contributed by atoms with Crippen LogP contribution in [0.4, 0.5) is 11.5 Å². The Bertz CT molecular complexity index is 614. The zero-order chi connectivity index (χ0) is 14.0. The molecule has 0 bridgehead atoms. The van der Waals surface area contributed by atoms with Crippen LogP contribution in [0.3, 0.4) is 0 Å². The molecule has 2 aromatic rings. The second kappa shape index (κ2) is 5.58. The van der Waals surface area contributed by atoms with Gasteiger partial charge in [0.1, 0.15) is 5.69 Å². The van der Waals surface area contributed by atoms with Crippen molar-refractivity contribution in [3.05, 3.63) is 38.6 Å². The molecule has 0 saturated heterocycles. The minimum Gasteiger partial charge on any atom is -0.396 e. The van der Waals surface area contributed by atoms with Crippen molar-refractivity contribution >= 4 is 44.7 Å². The van der Waals surface area contributed by atoms with Crippen LogP contribution in [0.2, 0.25) is 0 Å². The molecule has 0 saturated carbocycles. The summed E-state index contributed by atoms with van der Waals surface area (Å²) in [4.78, 5) is 18.4. The zero-order valence-electron chi connectivity index (χ0n) is 10.3. The van der Waals surface area contributed by atoms with Gasteiger partial charge in [-0.1, -0.05) is 0 Å². The molecule has 5 nitrogen and oxygen atoms in total. The number of pyridine rings is 1. The van der Waals surface area contributed by atoms with Crippen LogP contribution in [0.15, 0.2) is 28.1 Å². The van der Waals surface area contributed by atoms with Crippen LogP contribution < -0.4 is 16.4 Å². The van der Waals surface area contributed by atoms with E-state index < -0.39 is 5.91 Å². The van der Waals surface area contributed by atoms with E-state index in [4.69, 9.17) is 11.5 Å². The molecule has 0 unspecified atom stereocenters. The topological polar surface area (TPSA) is 85.2 Å². The van der Waals surface area contributed by atoms with Crippen LogP contribution in [-0.4, -0.2) is 17.9 Å². The summed E-state index contributed by atoms with van der Waals surface area (Å²) in [7, 11) is 1.87. The number of hydrogen-bond acceptors (Lipinski definition) is 5. The Labute approximate surface area is 123 Å². The smallest absolute Gasteiger partial charge is 0.267 e. The third kappa shape index (κ3) is 3.24. The van der Waals surface area contributed by atoms with Gasteiger partial charge < -0.3 is 16.4 Å². The van der Waals surface area contributed by atoms with Crippen molar-refractivity contribution in [3.8, 4) is 0 Å². The van der Waals surface area contributed by atoms with Crippen LogP contribution >= 0.6 is 27.3 Å². The number of primary amides is 1. The molecule has 0 aliphatic carbocycles. The lowest BCUT2D eigenvalue weighted by molar-refractivity contribution is 0.0995. The van der Waals surface area contributed by atoms with Gasteiger partial charge in [-0.25, -0.2) is 4.98 Å². The van der Waals surface area contributed by atoms with Gasteiger partial charge in [0.2, 0.25) is 0 Å². The van der Waals surface area contributed by atoms with Gasteiger partial charge in [-0.3, -0.25) is 4.79 Å². The summed E-state index contributed by atoms with van der Waals surface area (Å²) in [5.74, 6) is -0.00524. The second-order valence-electron chi connectivity index (χ2n) is 4.06. The molecule has 0 aromatic carbocycles. The molecule has 0 spiro atoms. The molecule has 0 radical (unpaired) electrons. The van der Waals surface area contributed by atoms with Crippen molar-refractivity contribution in [2.45, 2.75) is 6.54 Å². The van der Waals surface area contributed by atoms with Crippen molar-refractivity contribution < 1.29 is 4.79 Å². The average Bonchev–Trinajstić information content (AvgIpc) is 2.74. The number of nitrogens with two attached hydrogens (primary N) is 2. The number of thiophene rings is 1. The molecular weight excluding hydrogens is 328 g/mol. The molecule has 7 heteroatoms. The molecule has 19 heavy (non-hydrogen) atoms. The third-order valence-corrected chi connectivity index (χ3v) is 4.22.